The van der Waals surface area contributed by atoms with Gasteiger partial charge in [-0.1, -0.05) is 82.6 Å². The number of rotatable bonds is 15. The van der Waals surface area contributed by atoms with Gasteiger partial charge in [0.1, 0.15) is 11.6 Å². The third-order valence-corrected chi connectivity index (χ3v) is 6.36. The molecule has 5 nitrogen and oxygen atoms in total. The molecule has 1 heterocycles. The van der Waals surface area contributed by atoms with Crippen molar-refractivity contribution in [3.05, 3.63) is 59.4 Å². The Labute approximate surface area is 204 Å². The molecule has 3 rings (SSSR count). The van der Waals surface area contributed by atoms with E-state index in [1.165, 1.54) is 51.4 Å². The van der Waals surface area contributed by atoms with E-state index in [1.54, 1.807) is 0 Å². The maximum absolute atomic E-state index is 12.5. The summed E-state index contributed by atoms with van der Waals surface area (Å²) < 4.78 is 8.02. The molecule has 0 unspecified atom stereocenters. The van der Waals surface area contributed by atoms with Crippen LogP contribution in [0.3, 0.4) is 0 Å². The SMILES string of the molecule is CCCCCCCCCCCn1c(CNC(=O)COc2cc(C)ccc2C)nc2ccccc21. The first-order valence-corrected chi connectivity index (χ1v) is 13.0. The lowest BCUT2D eigenvalue weighted by Crippen LogP contribution is -2.29. The first-order valence-electron chi connectivity index (χ1n) is 13.0. The van der Waals surface area contributed by atoms with Crippen molar-refractivity contribution in [3.8, 4) is 5.75 Å². The van der Waals surface area contributed by atoms with Crippen molar-refractivity contribution in [1.29, 1.82) is 0 Å². The molecule has 0 radical (unpaired) electrons. The Bertz CT molecular complexity index is 1040. The summed E-state index contributed by atoms with van der Waals surface area (Å²) in [7, 11) is 0. The molecule has 2 aromatic carbocycles. The Morgan fingerprint density at radius 1 is 0.941 bits per heavy atom. The molecule has 0 saturated carbocycles. The molecule has 5 heteroatoms. The summed E-state index contributed by atoms with van der Waals surface area (Å²) in [6.07, 6.45) is 11.8. The van der Waals surface area contributed by atoms with E-state index < -0.39 is 0 Å². The van der Waals surface area contributed by atoms with Crippen molar-refractivity contribution >= 4 is 16.9 Å². The predicted octanol–water partition coefficient (Wildman–Crippen LogP) is 6.88. The number of imidazole rings is 1. The van der Waals surface area contributed by atoms with Gasteiger partial charge < -0.3 is 14.6 Å². The smallest absolute Gasteiger partial charge is 0.258 e. The summed E-state index contributed by atoms with van der Waals surface area (Å²) in [6.45, 7) is 7.61. The van der Waals surface area contributed by atoms with E-state index >= 15 is 0 Å². The van der Waals surface area contributed by atoms with Crippen LogP contribution in [0.15, 0.2) is 42.5 Å². The van der Waals surface area contributed by atoms with Gasteiger partial charge in [0.15, 0.2) is 6.61 Å². The lowest BCUT2D eigenvalue weighted by atomic mass is 10.1. The van der Waals surface area contributed by atoms with Crippen LogP contribution in [0.25, 0.3) is 11.0 Å². The number of hydrogen-bond acceptors (Lipinski definition) is 3. The molecule has 0 spiro atoms. The van der Waals surface area contributed by atoms with E-state index in [4.69, 9.17) is 9.72 Å². The summed E-state index contributed by atoms with van der Waals surface area (Å²) in [5.74, 6) is 1.52. The molecule has 1 amide bonds. The number of amides is 1. The maximum Gasteiger partial charge on any atom is 0.258 e. The first-order chi connectivity index (χ1) is 16.6. The van der Waals surface area contributed by atoms with Crippen molar-refractivity contribution < 1.29 is 9.53 Å². The highest BCUT2D eigenvalue weighted by molar-refractivity contribution is 5.78. The van der Waals surface area contributed by atoms with E-state index in [0.29, 0.717) is 6.54 Å². The number of nitrogens with one attached hydrogen (secondary N) is 1. The highest BCUT2D eigenvalue weighted by Gasteiger charge is 2.12. The van der Waals surface area contributed by atoms with Crippen LogP contribution in [0.2, 0.25) is 0 Å². The van der Waals surface area contributed by atoms with E-state index in [2.05, 4.69) is 28.9 Å². The van der Waals surface area contributed by atoms with Crippen molar-refractivity contribution in [3.63, 3.8) is 0 Å². The van der Waals surface area contributed by atoms with E-state index in [1.807, 2.05) is 44.2 Å². The van der Waals surface area contributed by atoms with Crippen molar-refractivity contribution in [2.24, 2.45) is 0 Å². The normalized spacial score (nSPS) is 11.1. The number of unbranched alkanes of at least 4 members (excludes halogenated alkanes) is 8. The topological polar surface area (TPSA) is 56.2 Å². The van der Waals surface area contributed by atoms with Crippen LogP contribution in [-0.4, -0.2) is 22.1 Å². The Morgan fingerprint density at radius 3 is 2.41 bits per heavy atom. The van der Waals surface area contributed by atoms with Gasteiger partial charge in [-0.15, -0.1) is 0 Å². The monoisotopic (exact) mass is 463 g/mol. The Kier molecular flexibility index (Phi) is 10.5. The zero-order valence-corrected chi connectivity index (χ0v) is 21.2. The number of benzene rings is 2. The minimum absolute atomic E-state index is 0.00276. The van der Waals surface area contributed by atoms with Crippen molar-refractivity contribution in [2.45, 2.75) is 91.6 Å². The summed E-state index contributed by atoms with van der Waals surface area (Å²) in [5.41, 5.74) is 4.26. The fourth-order valence-corrected chi connectivity index (χ4v) is 4.33. The van der Waals surface area contributed by atoms with Gasteiger partial charge in [0.2, 0.25) is 0 Å². The van der Waals surface area contributed by atoms with Gasteiger partial charge in [-0.25, -0.2) is 4.98 Å². The molecule has 0 aliphatic heterocycles. The third kappa shape index (κ3) is 7.89. The lowest BCUT2D eigenvalue weighted by molar-refractivity contribution is -0.123. The third-order valence-electron chi connectivity index (χ3n) is 6.36. The molecule has 0 aliphatic carbocycles. The molecule has 1 aromatic heterocycles. The Hall–Kier alpha value is -2.82. The molecule has 0 bridgehead atoms. The van der Waals surface area contributed by atoms with Crippen LogP contribution in [0.5, 0.6) is 5.75 Å². The van der Waals surface area contributed by atoms with Gasteiger partial charge in [0, 0.05) is 6.54 Å². The fourth-order valence-electron chi connectivity index (χ4n) is 4.33. The second kappa shape index (κ2) is 13.8. The number of nitrogens with zero attached hydrogens (tertiary/aromatic N) is 2. The maximum atomic E-state index is 12.5. The van der Waals surface area contributed by atoms with Crippen LogP contribution in [-0.2, 0) is 17.9 Å². The van der Waals surface area contributed by atoms with Gasteiger partial charge in [-0.05, 0) is 49.6 Å². The molecule has 3 aromatic rings. The molecule has 34 heavy (non-hydrogen) atoms. The zero-order chi connectivity index (χ0) is 24.2. The summed E-state index contributed by atoms with van der Waals surface area (Å²) >= 11 is 0. The molecule has 0 atom stereocenters. The average Bonchev–Trinajstić information content (AvgIpc) is 3.19. The number of aromatic nitrogens is 2. The second-order valence-corrected chi connectivity index (χ2v) is 9.33. The fraction of sp³-hybridized carbons (Fsp3) is 0.517. The summed E-state index contributed by atoms with van der Waals surface area (Å²) in [6, 6.07) is 14.2. The average molecular weight is 464 g/mol. The lowest BCUT2D eigenvalue weighted by Gasteiger charge is -2.12. The molecule has 0 fully saturated rings. The number of para-hydroxylation sites is 2. The number of fused-ring (bicyclic) bond motifs is 1. The Balaban J connectivity index is 1.49. The Morgan fingerprint density at radius 2 is 1.65 bits per heavy atom. The molecule has 0 saturated heterocycles. The number of aryl methyl sites for hydroxylation is 3. The van der Waals surface area contributed by atoms with Crippen molar-refractivity contribution in [2.75, 3.05) is 6.61 Å². The van der Waals surface area contributed by atoms with Gasteiger partial charge in [-0.2, -0.15) is 0 Å². The van der Waals surface area contributed by atoms with Gasteiger partial charge in [-0.3, -0.25) is 4.79 Å². The first kappa shape index (κ1) is 25.8. The van der Waals surface area contributed by atoms with Gasteiger partial charge in [0.05, 0.1) is 17.6 Å². The zero-order valence-electron chi connectivity index (χ0n) is 21.2. The van der Waals surface area contributed by atoms with Crippen LogP contribution in [0, 0.1) is 13.8 Å². The molecule has 184 valence electrons. The number of carbonyl (C=O) groups is 1. The van der Waals surface area contributed by atoms with Crippen LogP contribution in [0.4, 0.5) is 0 Å². The molecule has 1 N–H and O–H groups in total. The number of carbonyl (C=O) groups excluding carboxylic acids is 1. The molecular weight excluding hydrogens is 422 g/mol. The van der Waals surface area contributed by atoms with E-state index in [9.17, 15) is 4.79 Å². The standard InChI is InChI=1S/C29H41N3O2/c1-4-5-6-7-8-9-10-11-14-19-32-26-16-13-12-15-25(26)31-28(32)21-30-29(33)22-34-27-20-23(2)17-18-24(27)3/h12-13,15-18,20H,4-11,14,19,21-22H2,1-3H3,(H,30,33). The highest BCUT2D eigenvalue weighted by Crippen LogP contribution is 2.20. The van der Waals surface area contributed by atoms with E-state index in [-0.39, 0.29) is 12.5 Å². The summed E-state index contributed by atoms with van der Waals surface area (Å²) in [4.78, 5) is 17.3. The number of ether oxygens (including phenoxy) is 1. The quantitative estimate of drug-likeness (QED) is 0.250. The van der Waals surface area contributed by atoms with Crippen LogP contribution < -0.4 is 10.1 Å². The second-order valence-electron chi connectivity index (χ2n) is 9.33. The van der Waals surface area contributed by atoms with Gasteiger partial charge in [0.25, 0.3) is 5.91 Å². The summed E-state index contributed by atoms with van der Waals surface area (Å²) in [5, 5.41) is 2.99. The highest BCUT2D eigenvalue weighted by atomic mass is 16.5. The van der Waals surface area contributed by atoms with E-state index in [0.717, 1.165) is 46.7 Å². The predicted molar refractivity (Wildman–Crippen MR) is 140 cm³/mol. The molecule has 0 aliphatic rings. The number of hydrogen-bond donors (Lipinski definition) is 1. The minimum Gasteiger partial charge on any atom is -0.483 e. The van der Waals surface area contributed by atoms with Crippen LogP contribution >= 0.6 is 0 Å². The molecular formula is C29H41N3O2. The minimum atomic E-state index is -0.136. The largest absolute Gasteiger partial charge is 0.483 e. The van der Waals surface area contributed by atoms with Crippen molar-refractivity contribution in [1.82, 2.24) is 14.9 Å². The van der Waals surface area contributed by atoms with Crippen LogP contribution in [0.1, 0.15) is 81.7 Å². The van der Waals surface area contributed by atoms with Gasteiger partial charge >= 0.3 is 0 Å².